The van der Waals surface area contributed by atoms with E-state index in [0.717, 1.165) is 31.6 Å². The van der Waals surface area contributed by atoms with Crippen LogP contribution in [0.2, 0.25) is 0 Å². The summed E-state index contributed by atoms with van der Waals surface area (Å²) in [5.74, 6) is 0.824. The molecule has 19 heavy (non-hydrogen) atoms. The van der Waals surface area contributed by atoms with Crippen LogP contribution in [-0.2, 0) is 11.2 Å². The Kier molecular flexibility index (Phi) is 5.41. The van der Waals surface area contributed by atoms with Gasteiger partial charge in [0.2, 0.25) is 0 Å². The molecule has 106 valence electrons. The zero-order valence-electron chi connectivity index (χ0n) is 12.0. The summed E-state index contributed by atoms with van der Waals surface area (Å²) in [6.07, 6.45) is 6.55. The first-order chi connectivity index (χ1) is 9.24. The molecule has 0 aliphatic heterocycles. The Morgan fingerprint density at radius 2 is 1.89 bits per heavy atom. The summed E-state index contributed by atoms with van der Waals surface area (Å²) < 4.78 is 6.20. The molecular weight excluding hydrogens is 236 g/mol. The molecule has 0 bridgehead atoms. The summed E-state index contributed by atoms with van der Waals surface area (Å²) >= 11 is 0. The molecule has 0 amide bonds. The third kappa shape index (κ3) is 4.32. The number of rotatable bonds is 6. The molecule has 1 aliphatic carbocycles. The van der Waals surface area contributed by atoms with Gasteiger partial charge in [-0.15, -0.1) is 0 Å². The van der Waals surface area contributed by atoms with E-state index in [1.54, 1.807) is 0 Å². The smallest absolute Gasteiger partial charge is 0.0722 e. The van der Waals surface area contributed by atoms with Gasteiger partial charge in [0.15, 0.2) is 0 Å². The standard InChI is InChI=1S/C17H26O2/c1-15-8-10-17(11-9-15,19-13-5-12-18)14-16-6-3-2-4-7-16/h2-4,6-7,15,18H,5,8-14H2,1H3. The summed E-state index contributed by atoms with van der Waals surface area (Å²) in [6, 6.07) is 10.6. The minimum absolute atomic E-state index is 0.00301. The van der Waals surface area contributed by atoms with E-state index in [2.05, 4.69) is 37.3 Å². The molecule has 1 saturated carbocycles. The summed E-state index contributed by atoms with van der Waals surface area (Å²) in [7, 11) is 0. The summed E-state index contributed by atoms with van der Waals surface area (Å²) in [4.78, 5) is 0. The van der Waals surface area contributed by atoms with Crippen molar-refractivity contribution in [3.63, 3.8) is 0 Å². The average molecular weight is 262 g/mol. The quantitative estimate of drug-likeness (QED) is 0.794. The zero-order valence-corrected chi connectivity index (χ0v) is 12.0. The molecule has 0 aromatic heterocycles. The van der Waals surface area contributed by atoms with Gasteiger partial charge in [-0.3, -0.25) is 0 Å². The number of hydrogen-bond acceptors (Lipinski definition) is 2. The Morgan fingerprint density at radius 1 is 1.21 bits per heavy atom. The molecule has 0 spiro atoms. The van der Waals surface area contributed by atoms with Crippen LogP contribution < -0.4 is 0 Å². The molecule has 1 aromatic carbocycles. The van der Waals surface area contributed by atoms with Gasteiger partial charge in [-0.1, -0.05) is 37.3 Å². The number of aliphatic hydroxyl groups excluding tert-OH is 1. The van der Waals surface area contributed by atoms with Crippen LogP contribution in [0, 0.1) is 5.92 Å². The lowest BCUT2D eigenvalue weighted by Gasteiger charge is -2.39. The highest BCUT2D eigenvalue weighted by atomic mass is 16.5. The molecule has 0 radical (unpaired) electrons. The second kappa shape index (κ2) is 7.06. The van der Waals surface area contributed by atoms with Crippen molar-refractivity contribution in [3.05, 3.63) is 35.9 Å². The summed E-state index contributed by atoms with van der Waals surface area (Å²) in [5, 5.41) is 8.93. The van der Waals surface area contributed by atoms with Crippen molar-refractivity contribution in [1.82, 2.24) is 0 Å². The topological polar surface area (TPSA) is 29.5 Å². The van der Waals surface area contributed by atoms with E-state index >= 15 is 0 Å². The van der Waals surface area contributed by atoms with Crippen molar-refractivity contribution >= 4 is 0 Å². The Morgan fingerprint density at radius 3 is 2.53 bits per heavy atom. The molecule has 1 aliphatic rings. The Hall–Kier alpha value is -0.860. The third-order valence-electron chi connectivity index (χ3n) is 4.27. The Balaban J connectivity index is 2.01. The van der Waals surface area contributed by atoms with E-state index in [1.165, 1.54) is 18.4 Å². The van der Waals surface area contributed by atoms with Crippen LogP contribution in [0.5, 0.6) is 0 Å². The van der Waals surface area contributed by atoms with Gasteiger partial charge in [-0.25, -0.2) is 0 Å². The SMILES string of the molecule is CC1CCC(Cc2ccccc2)(OCCCO)CC1. The maximum atomic E-state index is 8.93. The van der Waals surface area contributed by atoms with Gasteiger partial charge < -0.3 is 9.84 Å². The van der Waals surface area contributed by atoms with Crippen LogP contribution in [-0.4, -0.2) is 23.9 Å². The highest BCUT2D eigenvalue weighted by Gasteiger charge is 2.35. The van der Waals surface area contributed by atoms with Crippen molar-refractivity contribution in [2.75, 3.05) is 13.2 Å². The molecule has 0 heterocycles. The molecular formula is C17H26O2. The van der Waals surface area contributed by atoms with Gasteiger partial charge in [0, 0.05) is 19.6 Å². The van der Waals surface area contributed by atoms with E-state index < -0.39 is 0 Å². The lowest BCUT2D eigenvalue weighted by Crippen LogP contribution is -2.39. The minimum atomic E-state index is 0.00301. The molecule has 0 unspecified atom stereocenters. The van der Waals surface area contributed by atoms with Gasteiger partial charge in [0.1, 0.15) is 0 Å². The van der Waals surface area contributed by atoms with Crippen LogP contribution in [0.3, 0.4) is 0 Å². The minimum Gasteiger partial charge on any atom is -0.396 e. The second-order valence-electron chi connectivity index (χ2n) is 5.95. The lowest BCUT2D eigenvalue weighted by atomic mass is 9.76. The van der Waals surface area contributed by atoms with E-state index in [-0.39, 0.29) is 12.2 Å². The average Bonchev–Trinajstić information content (AvgIpc) is 2.44. The lowest BCUT2D eigenvalue weighted by molar-refractivity contribution is -0.0796. The van der Waals surface area contributed by atoms with Gasteiger partial charge in [0.25, 0.3) is 0 Å². The van der Waals surface area contributed by atoms with Crippen molar-refractivity contribution in [3.8, 4) is 0 Å². The first-order valence-electron chi connectivity index (χ1n) is 7.53. The van der Waals surface area contributed by atoms with Crippen molar-refractivity contribution < 1.29 is 9.84 Å². The molecule has 0 atom stereocenters. The fourth-order valence-corrected chi connectivity index (χ4v) is 2.98. The van der Waals surface area contributed by atoms with E-state index in [9.17, 15) is 0 Å². The summed E-state index contributed by atoms with van der Waals surface area (Å²) in [6.45, 7) is 3.23. The van der Waals surface area contributed by atoms with Crippen molar-refractivity contribution in [1.29, 1.82) is 0 Å². The molecule has 2 rings (SSSR count). The number of benzene rings is 1. The second-order valence-corrected chi connectivity index (χ2v) is 5.95. The predicted molar refractivity (Wildman–Crippen MR) is 78.2 cm³/mol. The Labute approximate surface area is 116 Å². The molecule has 2 heteroatoms. The first-order valence-corrected chi connectivity index (χ1v) is 7.53. The Bertz CT molecular complexity index is 353. The van der Waals surface area contributed by atoms with Gasteiger partial charge in [-0.2, -0.15) is 0 Å². The summed E-state index contributed by atoms with van der Waals surface area (Å²) in [5.41, 5.74) is 1.37. The maximum absolute atomic E-state index is 8.93. The van der Waals surface area contributed by atoms with E-state index in [4.69, 9.17) is 9.84 Å². The monoisotopic (exact) mass is 262 g/mol. The fourth-order valence-electron chi connectivity index (χ4n) is 2.98. The highest BCUT2D eigenvalue weighted by Crippen LogP contribution is 2.37. The predicted octanol–water partition coefficient (Wildman–Crippen LogP) is 3.58. The fraction of sp³-hybridized carbons (Fsp3) is 0.647. The van der Waals surface area contributed by atoms with Crippen LogP contribution in [0.4, 0.5) is 0 Å². The van der Waals surface area contributed by atoms with Crippen molar-refractivity contribution in [2.24, 2.45) is 5.92 Å². The van der Waals surface area contributed by atoms with E-state index in [1.807, 2.05) is 0 Å². The maximum Gasteiger partial charge on any atom is 0.0722 e. The molecule has 1 N–H and O–H groups in total. The van der Waals surface area contributed by atoms with Gasteiger partial charge in [0.05, 0.1) is 5.60 Å². The van der Waals surface area contributed by atoms with Crippen LogP contribution >= 0.6 is 0 Å². The van der Waals surface area contributed by atoms with Crippen LogP contribution in [0.1, 0.15) is 44.6 Å². The third-order valence-corrected chi connectivity index (χ3v) is 4.27. The number of aliphatic hydroxyl groups is 1. The molecule has 0 saturated heterocycles. The zero-order chi connectivity index (χ0) is 13.6. The largest absolute Gasteiger partial charge is 0.396 e. The van der Waals surface area contributed by atoms with Crippen LogP contribution in [0.15, 0.2) is 30.3 Å². The molecule has 1 fully saturated rings. The van der Waals surface area contributed by atoms with Crippen molar-refractivity contribution in [2.45, 2.75) is 51.0 Å². The normalized spacial score (nSPS) is 27.4. The van der Waals surface area contributed by atoms with Crippen LogP contribution in [0.25, 0.3) is 0 Å². The highest BCUT2D eigenvalue weighted by molar-refractivity contribution is 5.17. The first kappa shape index (κ1) is 14.5. The van der Waals surface area contributed by atoms with Gasteiger partial charge >= 0.3 is 0 Å². The molecule has 1 aromatic rings. The van der Waals surface area contributed by atoms with Gasteiger partial charge in [-0.05, 0) is 43.6 Å². The number of hydrogen-bond donors (Lipinski definition) is 1. The number of ether oxygens (including phenoxy) is 1. The molecule has 2 nitrogen and oxygen atoms in total. The van der Waals surface area contributed by atoms with E-state index in [0.29, 0.717) is 6.61 Å².